The average Bonchev–Trinajstić information content (AvgIpc) is 2.53. The second-order valence-corrected chi connectivity index (χ2v) is 23.7. The molecule has 1 aliphatic rings. The van der Waals surface area contributed by atoms with Gasteiger partial charge in [0, 0.05) is 33.0 Å². The Kier molecular flexibility index (Phi) is 9.37. The van der Waals surface area contributed by atoms with Gasteiger partial charge in [0.05, 0.1) is 0 Å². The molecule has 0 amide bonds. The van der Waals surface area contributed by atoms with Gasteiger partial charge in [0.25, 0.3) is 0 Å². The number of hydrogen-bond acceptors (Lipinski definition) is 6. The van der Waals surface area contributed by atoms with Crippen molar-refractivity contribution < 1.29 is 26.2 Å². The van der Waals surface area contributed by atoms with Crippen LogP contribution in [0.2, 0.25) is 12.1 Å². The van der Waals surface area contributed by atoms with Gasteiger partial charge in [-0.25, -0.2) is 0 Å². The van der Waals surface area contributed by atoms with Gasteiger partial charge in [-0.15, -0.1) is 0 Å². The summed E-state index contributed by atoms with van der Waals surface area (Å²) in [6.07, 6.45) is 1.01. The zero-order valence-corrected chi connectivity index (χ0v) is 20.6. The molecular formula is C13H34O6Si4. The Morgan fingerprint density at radius 1 is 0.652 bits per heavy atom. The summed E-state index contributed by atoms with van der Waals surface area (Å²) in [6.45, 7) is 13.1. The predicted octanol–water partition coefficient (Wildman–Crippen LogP) is 1.35. The molecule has 1 heterocycles. The van der Waals surface area contributed by atoms with E-state index in [0.29, 0.717) is 43.5 Å². The highest BCUT2D eigenvalue weighted by Crippen LogP contribution is 2.44. The Balaban J connectivity index is 3.50. The standard InChI is InChI=1S/C13H34O6Si4/c1-6-14-21(15-7-2)12-11-13-22(19-20,16-8-3)23(21,17-9-4)18-10-5/h6-13H2,1-5,20H3. The molecule has 0 aromatic rings. The number of hydrogen-bond donors (Lipinski definition) is 0. The molecule has 0 aromatic heterocycles. The molecule has 1 rings (SSSR count). The van der Waals surface area contributed by atoms with Crippen molar-refractivity contribution in [3.63, 3.8) is 0 Å². The first kappa shape index (κ1) is 21.7. The van der Waals surface area contributed by atoms with Gasteiger partial charge in [0.2, 0.25) is 0 Å². The maximum atomic E-state index is 6.45. The van der Waals surface area contributed by atoms with E-state index < -0.39 is 23.8 Å². The van der Waals surface area contributed by atoms with Crippen molar-refractivity contribution in [1.29, 1.82) is 0 Å². The third-order valence-electron chi connectivity index (χ3n) is 4.17. The van der Waals surface area contributed by atoms with Gasteiger partial charge < -0.3 is 26.2 Å². The van der Waals surface area contributed by atoms with Gasteiger partial charge in [-0.2, -0.15) is 0 Å². The van der Waals surface area contributed by atoms with Gasteiger partial charge in [-0.05, 0) is 53.1 Å². The Morgan fingerprint density at radius 2 is 1.04 bits per heavy atom. The molecule has 6 nitrogen and oxygen atoms in total. The zero-order valence-electron chi connectivity index (χ0n) is 15.6. The molecule has 0 aromatic carbocycles. The van der Waals surface area contributed by atoms with Crippen LogP contribution in [0.3, 0.4) is 0 Å². The molecule has 0 spiro atoms. The SMILES string of the molecule is CCO[Si]1(O[SiH3])CCC[Si](OCC)(OCC)[Si]1(OCC)OCC. The summed E-state index contributed by atoms with van der Waals surface area (Å²) in [5, 5.41) is 0. The van der Waals surface area contributed by atoms with Crippen molar-refractivity contribution in [3.8, 4) is 0 Å². The van der Waals surface area contributed by atoms with Crippen LogP contribution >= 0.6 is 0 Å². The largest absolute Gasteiger partial charge is 0.444 e. The summed E-state index contributed by atoms with van der Waals surface area (Å²) in [5.41, 5.74) is 0. The minimum atomic E-state index is -2.88. The van der Waals surface area contributed by atoms with Crippen LogP contribution in [0.15, 0.2) is 0 Å². The molecule has 1 fully saturated rings. The highest BCUT2D eigenvalue weighted by atomic mass is 29.7. The second kappa shape index (κ2) is 9.94. The summed E-state index contributed by atoms with van der Waals surface area (Å²) < 4.78 is 38.2. The lowest BCUT2D eigenvalue weighted by Gasteiger charge is -2.53. The first-order valence-corrected chi connectivity index (χ1v) is 17.5. The molecule has 1 aliphatic heterocycles. The minimum absolute atomic E-state index is 0.577. The first-order chi connectivity index (χ1) is 11.1. The minimum Gasteiger partial charge on any atom is -0.444 e. The number of rotatable bonds is 11. The molecule has 10 heteroatoms. The third-order valence-corrected chi connectivity index (χ3v) is 33.7. The highest BCUT2D eigenvalue weighted by molar-refractivity contribution is 7.61. The molecular weight excluding hydrogens is 364 g/mol. The second-order valence-electron chi connectivity index (χ2n) is 5.35. The lowest BCUT2D eigenvalue weighted by Crippen LogP contribution is -2.86. The Bertz CT molecular complexity index is 327. The molecule has 0 N–H and O–H groups in total. The maximum Gasteiger partial charge on any atom is 0.429 e. The molecule has 0 aliphatic carbocycles. The van der Waals surface area contributed by atoms with Crippen LogP contribution in [-0.4, -0.2) is 67.3 Å². The van der Waals surface area contributed by atoms with E-state index >= 15 is 0 Å². The summed E-state index contributed by atoms with van der Waals surface area (Å²) in [4.78, 5) is 0. The van der Waals surface area contributed by atoms with Crippen molar-refractivity contribution in [2.75, 3.05) is 33.0 Å². The van der Waals surface area contributed by atoms with Crippen molar-refractivity contribution in [2.24, 2.45) is 0 Å². The van der Waals surface area contributed by atoms with E-state index in [1.165, 1.54) is 0 Å². The van der Waals surface area contributed by atoms with Gasteiger partial charge in [0.1, 0.15) is 10.5 Å². The summed E-state index contributed by atoms with van der Waals surface area (Å²) in [6, 6.07) is 1.83. The highest BCUT2D eigenvalue weighted by Gasteiger charge is 2.80. The first-order valence-electron chi connectivity index (χ1n) is 8.82. The molecule has 1 saturated heterocycles. The Morgan fingerprint density at radius 3 is 1.43 bits per heavy atom. The van der Waals surface area contributed by atoms with Crippen molar-refractivity contribution in [1.82, 2.24) is 0 Å². The van der Waals surface area contributed by atoms with Gasteiger partial charge in [0.15, 0.2) is 0 Å². The Hall–Kier alpha value is 0.628. The zero-order chi connectivity index (χ0) is 17.4. The Labute approximate surface area is 147 Å². The van der Waals surface area contributed by atoms with Crippen LogP contribution in [0.1, 0.15) is 41.0 Å². The third kappa shape index (κ3) is 3.91. The van der Waals surface area contributed by atoms with E-state index in [4.69, 9.17) is 26.2 Å². The van der Waals surface area contributed by atoms with E-state index in [0.717, 1.165) is 18.5 Å². The fraction of sp³-hybridized carbons (Fsp3) is 1.00. The van der Waals surface area contributed by atoms with Crippen LogP contribution in [0, 0.1) is 0 Å². The van der Waals surface area contributed by atoms with Crippen LogP contribution in [0.5, 0.6) is 0 Å². The van der Waals surface area contributed by atoms with Gasteiger partial charge in [-0.3, -0.25) is 0 Å². The molecule has 0 bridgehead atoms. The lowest BCUT2D eigenvalue weighted by molar-refractivity contribution is 0.136. The van der Waals surface area contributed by atoms with Crippen molar-refractivity contribution >= 4 is 34.2 Å². The van der Waals surface area contributed by atoms with E-state index in [1.54, 1.807) is 0 Å². The molecule has 1 unspecified atom stereocenters. The van der Waals surface area contributed by atoms with Crippen LogP contribution in [-0.2, 0) is 26.2 Å². The quantitative estimate of drug-likeness (QED) is 0.490. The topological polar surface area (TPSA) is 55.4 Å². The summed E-state index contributed by atoms with van der Waals surface area (Å²) in [7, 11) is -7.56. The van der Waals surface area contributed by atoms with E-state index in [2.05, 4.69) is 0 Å². The fourth-order valence-corrected chi connectivity index (χ4v) is 39.9. The monoisotopic (exact) mass is 398 g/mol. The molecule has 0 radical (unpaired) electrons. The molecule has 0 saturated carbocycles. The van der Waals surface area contributed by atoms with Gasteiger partial charge in [-0.1, -0.05) is 0 Å². The van der Waals surface area contributed by atoms with Crippen molar-refractivity contribution in [3.05, 3.63) is 0 Å². The van der Waals surface area contributed by atoms with Crippen LogP contribution < -0.4 is 0 Å². The average molecular weight is 399 g/mol. The van der Waals surface area contributed by atoms with E-state index in [-0.39, 0.29) is 0 Å². The van der Waals surface area contributed by atoms with E-state index in [9.17, 15) is 0 Å². The van der Waals surface area contributed by atoms with Gasteiger partial charge >= 0.3 is 23.8 Å². The maximum absolute atomic E-state index is 6.45. The lowest BCUT2D eigenvalue weighted by atomic mass is 10.6. The van der Waals surface area contributed by atoms with Crippen molar-refractivity contribution in [2.45, 2.75) is 53.1 Å². The fourth-order valence-electron chi connectivity index (χ4n) is 3.60. The smallest absolute Gasteiger partial charge is 0.429 e. The van der Waals surface area contributed by atoms with E-state index in [1.807, 2.05) is 34.6 Å². The summed E-state index contributed by atoms with van der Waals surface area (Å²) in [5.74, 6) is 0. The predicted molar refractivity (Wildman–Crippen MR) is 101 cm³/mol. The normalized spacial score (nSPS) is 26.5. The van der Waals surface area contributed by atoms with Crippen LogP contribution in [0.4, 0.5) is 0 Å². The van der Waals surface area contributed by atoms with Crippen LogP contribution in [0.25, 0.3) is 0 Å². The molecule has 138 valence electrons. The molecule has 1 atom stereocenters. The summed E-state index contributed by atoms with van der Waals surface area (Å²) >= 11 is 0. The molecule has 23 heavy (non-hydrogen) atoms.